The summed E-state index contributed by atoms with van der Waals surface area (Å²) in [4.78, 5) is 36.6. The number of carboxylic acids is 1. The normalized spacial score (nSPS) is 13.9. The molecule has 0 rings (SSSR count). The molecule has 8 heteroatoms. The molecule has 294 valence electrons. The molecule has 0 bridgehead atoms. The van der Waals surface area contributed by atoms with Crippen LogP contribution in [0.25, 0.3) is 0 Å². The van der Waals surface area contributed by atoms with Crippen molar-refractivity contribution < 1.29 is 38.2 Å². The van der Waals surface area contributed by atoms with E-state index < -0.39 is 18.1 Å². The van der Waals surface area contributed by atoms with E-state index in [0.29, 0.717) is 19.3 Å². The lowest BCUT2D eigenvalue weighted by Crippen LogP contribution is -2.50. The predicted octanol–water partition coefficient (Wildman–Crippen LogP) is 10.2. The fourth-order valence-corrected chi connectivity index (χ4v) is 4.99. The molecule has 52 heavy (non-hydrogen) atoms. The summed E-state index contributed by atoms with van der Waals surface area (Å²) in [5.74, 6) is -1.61. The van der Waals surface area contributed by atoms with E-state index in [1.54, 1.807) is 0 Å². The van der Waals surface area contributed by atoms with E-state index in [1.807, 2.05) is 27.2 Å². The predicted molar refractivity (Wildman–Crippen MR) is 215 cm³/mol. The van der Waals surface area contributed by atoms with Crippen LogP contribution in [0.3, 0.4) is 0 Å². The van der Waals surface area contributed by atoms with Gasteiger partial charge in [0.1, 0.15) is 6.61 Å². The fraction of sp³-hybridized carbons (Fsp3) is 0.614. The Hall–Kier alpha value is -3.49. The van der Waals surface area contributed by atoms with Crippen LogP contribution in [-0.2, 0) is 28.6 Å². The first-order valence-electron chi connectivity index (χ1n) is 19.6. The van der Waals surface area contributed by atoms with E-state index in [-0.39, 0.29) is 49.1 Å². The van der Waals surface area contributed by atoms with E-state index in [1.165, 1.54) is 12.8 Å². The molecule has 1 N–H and O–H groups in total. The first kappa shape index (κ1) is 48.5. The van der Waals surface area contributed by atoms with Gasteiger partial charge in [-0.15, -0.1) is 0 Å². The second-order valence-electron chi connectivity index (χ2n) is 13.8. The summed E-state index contributed by atoms with van der Waals surface area (Å²) in [7, 11) is 5.47. The SMILES string of the molecule is CC/C=C/C/C=C/C/C=C/C/C=C/C/C=C/C/C=C/CCCCC(=O)OC(COCCC(C(=O)O)[N+](C)(C)C)COC(=O)CC/C=C/CCCCC. The second-order valence-corrected chi connectivity index (χ2v) is 13.8. The van der Waals surface area contributed by atoms with Gasteiger partial charge in [-0.1, -0.05) is 112 Å². The lowest BCUT2D eigenvalue weighted by Gasteiger charge is -2.31. The third kappa shape index (κ3) is 32.4. The van der Waals surface area contributed by atoms with Gasteiger partial charge < -0.3 is 23.8 Å². The smallest absolute Gasteiger partial charge is 0.362 e. The molecule has 0 fully saturated rings. The number of ether oxygens (including phenoxy) is 3. The Balaban J connectivity index is 4.45. The lowest BCUT2D eigenvalue weighted by molar-refractivity contribution is -0.887. The molecule has 0 saturated heterocycles. The number of allylic oxidation sites excluding steroid dienone is 14. The number of quaternary nitrogens is 1. The molecular weight excluding hydrogens is 654 g/mol. The summed E-state index contributed by atoms with van der Waals surface area (Å²) in [5, 5.41) is 9.57. The Kier molecular flexibility index (Phi) is 32.3. The number of carbonyl (C=O) groups excluding carboxylic acids is 2. The number of hydrogen-bond donors (Lipinski definition) is 1. The zero-order chi connectivity index (χ0) is 38.5. The molecule has 0 heterocycles. The van der Waals surface area contributed by atoms with E-state index in [2.05, 4.69) is 92.8 Å². The number of carboxylic acid groups (broad SMARTS) is 1. The number of nitrogens with zero attached hydrogens (tertiary/aromatic N) is 1. The van der Waals surface area contributed by atoms with Crippen LogP contribution in [-0.4, -0.2) is 80.6 Å². The Bertz CT molecular complexity index is 1120. The highest BCUT2D eigenvalue weighted by molar-refractivity contribution is 5.72. The molecule has 0 saturated carbocycles. The van der Waals surface area contributed by atoms with Crippen LogP contribution in [0.2, 0.25) is 0 Å². The van der Waals surface area contributed by atoms with E-state index in [0.717, 1.165) is 64.2 Å². The maximum Gasteiger partial charge on any atom is 0.362 e. The number of aliphatic carboxylic acids is 1. The molecule has 0 aliphatic rings. The topological polar surface area (TPSA) is 99.1 Å². The molecule has 8 nitrogen and oxygen atoms in total. The Morgan fingerprint density at radius 1 is 0.596 bits per heavy atom. The average Bonchev–Trinajstić information content (AvgIpc) is 3.09. The zero-order valence-electron chi connectivity index (χ0n) is 33.2. The third-order valence-corrected chi connectivity index (χ3v) is 8.04. The quantitative estimate of drug-likeness (QED) is 0.0311. The first-order valence-corrected chi connectivity index (χ1v) is 19.6. The molecule has 0 aliphatic heterocycles. The van der Waals surface area contributed by atoms with Gasteiger partial charge in [-0.3, -0.25) is 9.59 Å². The van der Waals surface area contributed by atoms with E-state index in [9.17, 15) is 19.5 Å². The number of rotatable bonds is 33. The fourth-order valence-electron chi connectivity index (χ4n) is 4.99. The minimum Gasteiger partial charge on any atom is -0.477 e. The molecule has 0 spiro atoms. The molecule has 0 aromatic heterocycles. The molecule has 2 unspecified atom stereocenters. The standard InChI is InChI=1S/C44H71NO7/c1-6-8-10-12-14-15-16-17-18-19-20-21-22-23-24-25-26-27-29-31-33-35-43(47)52-40(38-50-37-36-41(44(48)49)45(3,4)5)39-51-42(46)34-32-30-28-13-11-9-7-2/h8,10,14-15,17-18,20-21,23-24,26-28,30,40-41H,6-7,9,11-13,16,19,22,25,29,31-39H2,1-5H3/p+1/b10-8+,15-14+,18-17+,21-20+,24-23+,27-26+,30-28+. The van der Waals surface area contributed by atoms with Gasteiger partial charge in [0, 0.05) is 19.3 Å². The molecule has 0 aromatic rings. The van der Waals surface area contributed by atoms with E-state index in [4.69, 9.17) is 14.2 Å². The van der Waals surface area contributed by atoms with Crippen molar-refractivity contribution in [1.29, 1.82) is 0 Å². The van der Waals surface area contributed by atoms with Crippen LogP contribution < -0.4 is 0 Å². The summed E-state index contributed by atoms with van der Waals surface area (Å²) in [5.41, 5.74) is 0. The van der Waals surface area contributed by atoms with Gasteiger partial charge in [0.05, 0.1) is 34.4 Å². The number of hydrogen-bond acceptors (Lipinski definition) is 6. The van der Waals surface area contributed by atoms with Crippen molar-refractivity contribution in [2.75, 3.05) is 41.0 Å². The Morgan fingerprint density at radius 2 is 1.10 bits per heavy atom. The third-order valence-electron chi connectivity index (χ3n) is 8.04. The van der Waals surface area contributed by atoms with Gasteiger partial charge in [-0.25, -0.2) is 4.79 Å². The highest BCUT2D eigenvalue weighted by Gasteiger charge is 2.31. The van der Waals surface area contributed by atoms with Gasteiger partial charge in [0.15, 0.2) is 12.1 Å². The summed E-state index contributed by atoms with van der Waals surface area (Å²) >= 11 is 0. The molecule has 0 radical (unpaired) electrons. The summed E-state index contributed by atoms with van der Waals surface area (Å²) in [6.45, 7) is 4.43. The van der Waals surface area contributed by atoms with Crippen molar-refractivity contribution in [2.24, 2.45) is 0 Å². The van der Waals surface area contributed by atoms with Gasteiger partial charge in [0.2, 0.25) is 0 Å². The van der Waals surface area contributed by atoms with Crippen molar-refractivity contribution in [3.63, 3.8) is 0 Å². The Labute approximate surface area is 316 Å². The van der Waals surface area contributed by atoms with Crippen LogP contribution in [0.4, 0.5) is 0 Å². The maximum absolute atomic E-state index is 12.6. The van der Waals surface area contributed by atoms with Crippen molar-refractivity contribution in [1.82, 2.24) is 0 Å². The second kappa shape index (κ2) is 34.6. The molecular formula is C44H72NO7+. The molecule has 2 atom stereocenters. The summed E-state index contributed by atoms with van der Waals surface area (Å²) < 4.78 is 17.0. The summed E-state index contributed by atoms with van der Waals surface area (Å²) in [6.07, 6.45) is 43.8. The molecule has 0 aromatic carbocycles. The highest BCUT2D eigenvalue weighted by atomic mass is 16.6. The van der Waals surface area contributed by atoms with Crippen LogP contribution in [0, 0.1) is 0 Å². The van der Waals surface area contributed by atoms with Gasteiger partial charge in [-0.05, 0) is 77.0 Å². The van der Waals surface area contributed by atoms with Crippen LogP contribution in [0.1, 0.15) is 123 Å². The minimum absolute atomic E-state index is 0.0262. The minimum atomic E-state index is -0.892. The number of likely N-dealkylation sites (N-methyl/N-ethyl adjacent to an activating group) is 1. The van der Waals surface area contributed by atoms with Crippen LogP contribution >= 0.6 is 0 Å². The number of unbranched alkanes of at least 4 members (excludes halogenated alkanes) is 5. The molecule has 0 aliphatic carbocycles. The van der Waals surface area contributed by atoms with Gasteiger partial charge >= 0.3 is 17.9 Å². The van der Waals surface area contributed by atoms with Gasteiger partial charge in [-0.2, -0.15) is 0 Å². The molecule has 0 amide bonds. The largest absolute Gasteiger partial charge is 0.477 e. The van der Waals surface area contributed by atoms with Crippen molar-refractivity contribution in [2.45, 2.75) is 135 Å². The van der Waals surface area contributed by atoms with Gasteiger partial charge in [0.25, 0.3) is 0 Å². The maximum atomic E-state index is 12.6. The average molecular weight is 727 g/mol. The van der Waals surface area contributed by atoms with Crippen molar-refractivity contribution in [3.8, 4) is 0 Å². The highest BCUT2D eigenvalue weighted by Crippen LogP contribution is 2.11. The van der Waals surface area contributed by atoms with Crippen LogP contribution in [0.5, 0.6) is 0 Å². The van der Waals surface area contributed by atoms with E-state index >= 15 is 0 Å². The first-order chi connectivity index (χ1) is 25.1. The number of carbonyl (C=O) groups is 3. The zero-order valence-corrected chi connectivity index (χ0v) is 33.2. The summed E-state index contributed by atoms with van der Waals surface area (Å²) in [6, 6.07) is -0.630. The Morgan fingerprint density at radius 3 is 1.62 bits per heavy atom. The van der Waals surface area contributed by atoms with Crippen LogP contribution in [0.15, 0.2) is 85.1 Å². The van der Waals surface area contributed by atoms with Crippen molar-refractivity contribution >= 4 is 17.9 Å². The number of esters is 2. The monoisotopic (exact) mass is 727 g/mol. The lowest BCUT2D eigenvalue weighted by atomic mass is 10.1. The van der Waals surface area contributed by atoms with Crippen molar-refractivity contribution in [3.05, 3.63) is 85.1 Å².